The fourth-order valence-corrected chi connectivity index (χ4v) is 2.06. The molecule has 2 aromatic rings. The van der Waals surface area contributed by atoms with Gasteiger partial charge in [0.2, 0.25) is 5.91 Å². The third-order valence-electron chi connectivity index (χ3n) is 3.45. The second kappa shape index (κ2) is 8.88. The van der Waals surface area contributed by atoms with Gasteiger partial charge in [-0.15, -0.1) is 0 Å². The summed E-state index contributed by atoms with van der Waals surface area (Å²) in [4.78, 5) is 23.9. The van der Waals surface area contributed by atoms with Gasteiger partial charge in [-0.3, -0.25) is 9.59 Å². The monoisotopic (exact) mass is 330 g/mol. The molecule has 0 fully saturated rings. The number of benzene rings is 1. The minimum absolute atomic E-state index is 0.180. The van der Waals surface area contributed by atoms with Crippen molar-refractivity contribution in [3.8, 4) is 0 Å². The van der Waals surface area contributed by atoms with E-state index in [-0.39, 0.29) is 11.7 Å². The Morgan fingerprint density at radius 1 is 1.17 bits per heavy atom. The summed E-state index contributed by atoms with van der Waals surface area (Å²) >= 11 is 0. The maximum Gasteiger partial charge on any atom is 0.287 e. The van der Waals surface area contributed by atoms with Crippen molar-refractivity contribution in [3.05, 3.63) is 59.5 Å². The summed E-state index contributed by atoms with van der Waals surface area (Å²) in [6.07, 6.45) is 1.41. The van der Waals surface area contributed by atoms with Crippen molar-refractivity contribution >= 4 is 11.8 Å². The smallest absolute Gasteiger partial charge is 0.287 e. The molecular formula is C18H22N2O4. The summed E-state index contributed by atoms with van der Waals surface area (Å²) in [5.74, 6) is -0.490. The molecule has 6 nitrogen and oxygen atoms in total. The van der Waals surface area contributed by atoms with Crippen LogP contribution in [-0.2, 0) is 22.7 Å². The molecule has 0 aliphatic heterocycles. The molecule has 2 amide bonds. The number of amides is 2. The Balaban J connectivity index is 1.78. The second-order valence-corrected chi connectivity index (χ2v) is 5.34. The Labute approximate surface area is 141 Å². The highest BCUT2D eigenvalue weighted by Gasteiger charge is 2.17. The molecule has 2 rings (SSSR count). The molecule has 1 aromatic heterocycles. The van der Waals surface area contributed by atoms with E-state index in [4.69, 9.17) is 9.15 Å². The van der Waals surface area contributed by atoms with Gasteiger partial charge in [-0.1, -0.05) is 24.3 Å². The predicted octanol–water partition coefficient (Wildman–Crippen LogP) is 2.25. The largest absolute Gasteiger partial charge is 0.459 e. The van der Waals surface area contributed by atoms with Crippen LogP contribution in [0, 0.1) is 0 Å². The number of rotatable bonds is 8. The highest BCUT2D eigenvalue weighted by molar-refractivity contribution is 5.95. The van der Waals surface area contributed by atoms with Crippen molar-refractivity contribution in [3.63, 3.8) is 0 Å². The molecule has 0 radical (unpaired) electrons. The Bertz CT molecular complexity index is 650. The van der Waals surface area contributed by atoms with Crippen LogP contribution in [0.25, 0.3) is 0 Å². The van der Waals surface area contributed by atoms with Crippen LogP contribution in [0.15, 0.2) is 47.1 Å². The van der Waals surface area contributed by atoms with Crippen molar-refractivity contribution < 1.29 is 18.7 Å². The van der Waals surface area contributed by atoms with Crippen LogP contribution in [0.1, 0.15) is 35.5 Å². The third kappa shape index (κ3) is 5.24. The normalized spacial score (nSPS) is 11.8. The van der Waals surface area contributed by atoms with Gasteiger partial charge in [-0.2, -0.15) is 0 Å². The highest BCUT2D eigenvalue weighted by atomic mass is 16.5. The van der Waals surface area contributed by atoms with Gasteiger partial charge in [0.05, 0.1) is 12.9 Å². The van der Waals surface area contributed by atoms with Gasteiger partial charge in [-0.05, 0) is 37.1 Å². The Kier molecular flexibility index (Phi) is 6.57. The summed E-state index contributed by atoms with van der Waals surface area (Å²) in [5, 5.41) is 5.39. The van der Waals surface area contributed by atoms with Crippen LogP contribution in [0.4, 0.5) is 0 Å². The number of carbonyl (C=O) groups is 2. The molecule has 0 aliphatic carbocycles. The van der Waals surface area contributed by atoms with Crippen LogP contribution in [0.3, 0.4) is 0 Å². The minimum Gasteiger partial charge on any atom is -0.459 e. The van der Waals surface area contributed by atoms with Crippen molar-refractivity contribution in [2.45, 2.75) is 33.0 Å². The van der Waals surface area contributed by atoms with Gasteiger partial charge in [0.1, 0.15) is 6.04 Å². The zero-order valence-electron chi connectivity index (χ0n) is 13.9. The molecule has 0 spiro atoms. The standard InChI is InChI=1S/C18H22N2O4/c1-3-23-12-15-8-6-14(7-9-15)11-19-17(21)13(2)20-18(22)16-5-4-10-24-16/h4-10,13H,3,11-12H2,1-2H3,(H,19,21)(H,20,22). The van der Waals surface area contributed by atoms with Crippen LogP contribution in [-0.4, -0.2) is 24.5 Å². The zero-order valence-corrected chi connectivity index (χ0v) is 13.9. The van der Waals surface area contributed by atoms with E-state index >= 15 is 0 Å². The van der Waals surface area contributed by atoms with E-state index in [0.29, 0.717) is 19.8 Å². The van der Waals surface area contributed by atoms with E-state index in [9.17, 15) is 9.59 Å². The maximum atomic E-state index is 12.1. The molecule has 1 heterocycles. The van der Waals surface area contributed by atoms with Crippen LogP contribution in [0.5, 0.6) is 0 Å². The van der Waals surface area contributed by atoms with Gasteiger partial charge in [0, 0.05) is 13.2 Å². The minimum atomic E-state index is -0.653. The number of nitrogens with one attached hydrogen (secondary N) is 2. The number of hydrogen-bond donors (Lipinski definition) is 2. The molecule has 0 saturated carbocycles. The first kappa shape index (κ1) is 17.7. The molecule has 24 heavy (non-hydrogen) atoms. The van der Waals surface area contributed by atoms with Gasteiger partial charge < -0.3 is 19.8 Å². The van der Waals surface area contributed by atoms with E-state index in [1.165, 1.54) is 6.26 Å². The molecule has 1 atom stereocenters. The molecule has 1 aromatic carbocycles. The summed E-state index contributed by atoms with van der Waals surface area (Å²) in [6, 6.07) is 10.3. The van der Waals surface area contributed by atoms with E-state index in [2.05, 4.69) is 10.6 Å². The quantitative estimate of drug-likeness (QED) is 0.778. The Morgan fingerprint density at radius 2 is 1.88 bits per heavy atom. The van der Waals surface area contributed by atoms with Gasteiger partial charge in [-0.25, -0.2) is 0 Å². The lowest BCUT2D eigenvalue weighted by Crippen LogP contribution is -2.44. The lowest BCUT2D eigenvalue weighted by molar-refractivity contribution is -0.122. The molecule has 6 heteroatoms. The third-order valence-corrected chi connectivity index (χ3v) is 3.45. The first-order chi connectivity index (χ1) is 11.6. The number of furan rings is 1. The average Bonchev–Trinajstić information content (AvgIpc) is 3.13. The first-order valence-electron chi connectivity index (χ1n) is 7.87. The summed E-state index contributed by atoms with van der Waals surface area (Å²) in [5.41, 5.74) is 2.07. The molecule has 0 saturated heterocycles. The lowest BCUT2D eigenvalue weighted by atomic mass is 10.1. The highest BCUT2D eigenvalue weighted by Crippen LogP contribution is 2.06. The van der Waals surface area contributed by atoms with Crippen LogP contribution < -0.4 is 10.6 Å². The molecule has 2 N–H and O–H groups in total. The van der Waals surface area contributed by atoms with E-state index in [0.717, 1.165) is 11.1 Å². The zero-order chi connectivity index (χ0) is 17.4. The van der Waals surface area contributed by atoms with Gasteiger partial charge >= 0.3 is 0 Å². The van der Waals surface area contributed by atoms with E-state index in [1.807, 2.05) is 31.2 Å². The molecule has 0 bridgehead atoms. The Morgan fingerprint density at radius 3 is 2.50 bits per heavy atom. The lowest BCUT2D eigenvalue weighted by Gasteiger charge is -2.13. The predicted molar refractivity (Wildman–Crippen MR) is 89.3 cm³/mol. The van der Waals surface area contributed by atoms with Crippen molar-refractivity contribution in [1.82, 2.24) is 10.6 Å². The summed E-state index contributed by atoms with van der Waals surface area (Å²) in [7, 11) is 0. The summed E-state index contributed by atoms with van der Waals surface area (Å²) in [6.45, 7) is 5.24. The van der Waals surface area contributed by atoms with Crippen molar-refractivity contribution in [2.75, 3.05) is 6.61 Å². The average molecular weight is 330 g/mol. The SMILES string of the molecule is CCOCc1ccc(CNC(=O)C(C)NC(=O)c2ccco2)cc1. The van der Waals surface area contributed by atoms with Crippen molar-refractivity contribution in [1.29, 1.82) is 0 Å². The van der Waals surface area contributed by atoms with E-state index in [1.54, 1.807) is 19.1 Å². The van der Waals surface area contributed by atoms with Crippen LogP contribution in [0.2, 0.25) is 0 Å². The number of carbonyl (C=O) groups excluding carboxylic acids is 2. The number of hydrogen-bond acceptors (Lipinski definition) is 4. The molecule has 128 valence electrons. The summed E-state index contributed by atoms with van der Waals surface area (Å²) < 4.78 is 10.3. The van der Waals surface area contributed by atoms with Gasteiger partial charge in [0.15, 0.2) is 5.76 Å². The van der Waals surface area contributed by atoms with E-state index < -0.39 is 11.9 Å². The van der Waals surface area contributed by atoms with Crippen LogP contribution >= 0.6 is 0 Å². The first-order valence-corrected chi connectivity index (χ1v) is 7.87. The Hall–Kier alpha value is -2.60. The molecular weight excluding hydrogens is 308 g/mol. The number of ether oxygens (including phenoxy) is 1. The fraction of sp³-hybridized carbons (Fsp3) is 0.333. The second-order valence-electron chi connectivity index (χ2n) is 5.34. The maximum absolute atomic E-state index is 12.1. The topological polar surface area (TPSA) is 80.6 Å². The van der Waals surface area contributed by atoms with Crippen molar-refractivity contribution in [2.24, 2.45) is 0 Å². The fourth-order valence-electron chi connectivity index (χ4n) is 2.06. The van der Waals surface area contributed by atoms with Gasteiger partial charge in [0.25, 0.3) is 5.91 Å². The molecule has 0 aliphatic rings. The molecule has 1 unspecified atom stereocenters.